The zero-order chi connectivity index (χ0) is 13.1. The molecule has 0 spiro atoms. The minimum atomic E-state index is -0.379. The predicted octanol–water partition coefficient (Wildman–Crippen LogP) is -0.0678. The van der Waals surface area contributed by atoms with Crippen molar-refractivity contribution in [3.05, 3.63) is 17.5 Å². The lowest BCUT2D eigenvalue weighted by molar-refractivity contribution is 0.0928. The van der Waals surface area contributed by atoms with Gasteiger partial charge in [-0.3, -0.25) is 9.89 Å². The number of nitrogens with zero attached hydrogens (tertiary/aromatic N) is 5. The summed E-state index contributed by atoms with van der Waals surface area (Å²) >= 11 is 0. The van der Waals surface area contributed by atoms with E-state index in [1.165, 1.54) is 0 Å². The fourth-order valence-electron chi connectivity index (χ4n) is 1.31. The number of carbonyl (C=O) groups is 1. The highest BCUT2D eigenvalue weighted by Crippen LogP contribution is 2.09. The molecule has 0 bridgehead atoms. The number of hydrogen-bond donors (Lipinski definition) is 3. The van der Waals surface area contributed by atoms with Crippen molar-refractivity contribution in [2.24, 2.45) is 0 Å². The Morgan fingerprint density at radius 3 is 2.61 bits per heavy atom. The number of aromatic amines is 2. The molecule has 0 saturated carbocycles. The van der Waals surface area contributed by atoms with Gasteiger partial charge in [-0.05, 0) is 6.92 Å². The van der Waals surface area contributed by atoms with Gasteiger partial charge in [-0.2, -0.15) is 5.21 Å². The van der Waals surface area contributed by atoms with Crippen molar-refractivity contribution in [1.82, 2.24) is 41.1 Å². The van der Waals surface area contributed by atoms with Crippen LogP contribution >= 0.6 is 0 Å². The SMILES string of the molecule is CC(C)c1nc(C(=O)NC(C)c2nn[nH]n2)n[nH]1. The molecule has 9 nitrogen and oxygen atoms in total. The zero-order valence-corrected chi connectivity index (χ0v) is 10.3. The number of aromatic nitrogens is 7. The summed E-state index contributed by atoms with van der Waals surface area (Å²) in [5.41, 5.74) is 0. The molecule has 3 N–H and O–H groups in total. The topological polar surface area (TPSA) is 125 Å². The maximum atomic E-state index is 11.8. The van der Waals surface area contributed by atoms with Gasteiger partial charge in [0.05, 0.1) is 6.04 Å². The Morgan fingerprint density at radius 2 is 2.06 bits per heavy atom. The van der Waals surface area contributed by atoms with E-state index in [0.29, 0.717) is 11.6 Å². The van der Waals surface area contributed by atoms with E-state index in [9.17, 15) is 4.79 Å². The summed E-state index contributed by atoms with van der Waals surface area (Å²) in [7, 11) is 0. The number of amides is 1. The first kappa shape index (κ1) is 12.1. The Kier molecular flexibility index (Phi) is 3.31. The lowest BCUT2D eigenvalue weighted by atomic mass is 10.2. The van der Waals surface area contributed by atoms with E-state index in [2.05, 4.69) is 41.1 Å². The van der Waals surface area contributed by atoms with Gasteiger partial charge in [-0.1, -0.05) is 19.1 Å². The quantitative estimate of drug-likeness (QED) is 0.697. The smallest absolute Gasteiger partial charge is 0.291 e. The standard InChI is InChI=1S/C9H14N8O/c1-4(2)6-11-8(13-12-6)9(18)10-5(3)7-14-16-17-15-7/h4-5H,1-3H3,(H,10,18)(H,11,12,13)(H,14,15,16,17). The first-order chi connectivity index (χ1) is 8.58. The van der Waals surface area contributed by atoms with Crippen molar-refractivity contribution in [2.75, 3.05) is 0 Å². The molecule has 0 aliphatic heterocycles. The molecule has 0 saturated heterocycles. The minimum absolute atomic E-state index is 0.106. The molecule has 2 heterocycles. The molecule has 1 amide bonds. The summed E-state index contributed by atoms with van der Waals surface area (Å²) in [6.07, 6.45) is 0. The highest BCUT2D eigenvalue weighted by atomic mass is 16.2. The second-order valence-electron chi connectivity index (χ2n) is 4.16. The molecule has 1 unspecified atom stereocenters. The summed E-state index contributed by atoms with van der Waals surface area (Å²) in [6.45, 7) is 5.67. The van der Waals surface area contributed by atoms with Gasteiger partial charge < -0.3 is 5.32 Å². The van der Waals surface area contributed by atoms with Crippen LogP contribution in [0.2, 0.25) is 0 Å². The fourth-order valence-corrected chi connectivity index (χ4v) is 1.31. The summed E-state index contributed by atoms with van der Waals surface area (Å²) in [5, 5.41) is 22.6. The number of tetrazole rings is 1. The van der Waals surface area contributed by atoms with Gasteiger partial charge in [0.2, 0.25) is 5.82 Å². The molecule has 2 aromatic rings. The number of rotatable bonds is 4. The second kappa shape index (κ2) is 4.90. The first-order valence-corrected chi connectivity index (χ1v) is 5.54. The van der Waals surface area contributed by atoms with Gasteiger partial charge in [0, 0.05) is 5.92 Å². The normalized spacial score (nSPS) is 12.7. The fraction of sp³-hybridized carbons (Fsp3) is 0.556. The second-order valence-corrected chi connectivity index (χ2v) is 4.16. The number of hydrogen-bond acceptors (Lipinski definition) is 6. The monoisotopic (exact) mass is 250 g/mol. The predicted molar refractivity (Wildman–Crippen MR) is 60.5 cm³/mol. The van der Waals surface area contributed by atoms with Crippen molar-refractivity contribution in [2.45, 2.75) is 32.7 Å². The van der Waals surface area contributed by atoms with Crippen LogP contribution in [0, 0.1) is 0 Å². The van der Waals surface area contributed by atoms with Gasteiger partial charge in [-0.25, -0.2) is 4.98 Å². The molecule has 9 heteroatoms. The van der Waals surface area contributed by atoms with Crippen molar-refractivity contribution in [1.29, 1.82) is 0 Å². The van der Waals surface area contributed by atoms with Crippen LogP contribution in [0.15, 0.2) is 0 Å². The molecule has 0 aliphatic carbocycles. The lowest BCUT2D eigenvalue weighted by Crippen LogP contribution is -2.28. The van der Waals surface area contributed by atoms with Gasteiger partial charge >= 0.3 is 0 Å². The summed E-state index contributed by atoms with van der Waals surface area (Å²) in [6, 6.07) is -0.364. The van der Waals surface area contributed by atoms with Crippen molar-refractivity contribution in [3.63, 3.8) is 0 Å². The van der Waals surface area contributed by atoms with Crippen LogP contribution in [0.5, 0.6) is 0 Å². The number of carbonyl (C=O) groups excluding carboxylic acids is 1. The Morgan fingerprint density at radius 1 is 1.28 bits per heavy atom. The summed E-state index contributed by atoms with van der Waals surface area (Å²) in [5.74, 6) is 0.994. The molecular formula is C9H14N8O. The van der Waals surface area contributed by atoms with Gasteiger partial charge in [-0.15, -0.1) is 15.3 Å². The van der Waals surface area contributed by atoms with Crippen LogP contribution < -0.4 is 5.32 Å². The van der Waals surface area contributed by atoms with E-state index >= 15 is 0 Å². The van der Waals surface area contributed by atoms with Crippen molar-refractivity contribution < 1.29 is 4.79 Å². The number of H-pyrrole nitrogens is 2. The Bertz CT molecular complexity index is 516. The molecule has 0 fully saturated rings. The minimum Gasteiger partial charge on any atom is -0.339 e. The van der Waals surface area contributed by atoms with E-state index in [1.807, 2.05) is 13.8 Å². The van der Waals surface area contributed by atoms with E-state index in [1.54, 1.807) is 6.92 Å². The van der Waals surface area contributed by atoms with Crippen LogP contribution in [0.1, 0.15) is 55.0 Å². The van der Waals surface area contributed by atoms with E-state index in [4.69, 9.17) is 0 Å². The third kappa shape index (κ3) is 2.50. The molecule has 2 rings (SSSR count). The molecule has 0 aliphatic rings. The average molecular weight is 250 g/mol. The third-order valence-electron chi connectivity index (χ3n) is 2.35. The van der Waals surface area contributed by atoms with E-state index in [0.717, 1.165) is 0 Å². The van der Waals surface area contributed by atoms with Gasteiger partial charge in [0.1, 0.15) is 5.82 Å². The first-order valence-electron chi connectivity index (χ1n) is 5.54. The molecule has 0 aromatic carbocycles. The number of nitrogens with one attached hydrogen (secondary N) is 3. The summed E-state index contributed by atoms with van der Waals surface area (Å²) < 4.78 is 0. The van der Waals surface area contributed by atoms with Gasteiger partial charge in [0.25, 0.3) is 5.91 Å². The van der Waals surface area contributed by atoms with Crippen LogP contribution in [0.4, 0.5) is 0 Å². The largest absolute Gasteiger partial charge is 0.339 e. The van der Waals surface area contributed by atoms with Crippen LogP contribution in [0.25, 0.3) is 0 Å². The van der Waals surface area contributed by atoms with Crippen molar-refractivity contribution in [3.8, 4) is 0 Å². The molecule has 0 radical (unpaired) electrons. The Hall–Kier alpha value is -2.32. The van der Waals surface area contributed by atoms with Crippen LogP contribution in [-0.2, 0) is 0 Å². The van der Waals surface area contributed by atoms with E-state index in [-0.39, 0.29) is 23.7 Å². The Balaban J connectivity index is 2.03. The maximum absolute atomic E-state index is 11.8. The van der Waals surface area contributed by atoms with Crippen molar-refractivity contribution >= 4 is 5.91 Å². The maximum Gasteiger partial charge on any atom is 0.291 e. The average Bonchev–Trinajstić information content (AvgIpc) is 3.00. The van der Waals surface area contributed by atoms with E-state index < -0.39 is 0 Å². The molecule has 2 aromatic heterocycles. The van der Waals surface area contributed by atoms with Crippen LogP contribution in [0.3, 0.4) is 0 Å². The van der Waals surface area contributed by atoms with Crippen LogP contribution in [-0.4, -0.2) is 41.7 Å². The molecular weight excluding hydrogens is 236 g/mol. The lowest BCUT2D eigenvalue weighted by Gasteiger charge is -2.07. The van der Waals surface area contributed by atoms with Gasteiger partial charge in [0.15, 0.2) is 5.82 Å². The third-order valence-corrected chi connectivity index (χ3v) is 2.35. The molecule has 1 atom stereocenters. The molecule has 96 valence electrons. The summed E-state index contributed by atoms with van der Waals surface area (Å²) in [4.78, 5) is 15.9. The highest BCUT2D eigenvalue weighted by Gasteiger charge is 2.18. The Labute approximate surface area is 103 Å². The highest BCUT2D eigenvalue weighted by molar-refractivity contribution is 5.90. The zero-order valence-electron chi connectivity index (χ0n) is 10.3. The molecule has 18 heavy (non-hydrogen) atoms.